The molecule has 1 aromatic carbocycles. The van der Waals surface area contributed by atoms with Crippen molar-refractivity contribution in [3.05, 3.63) is 27.2 Å². The third-order valence-corrected chi connectivity index (χ3v) is 3.12. The minimum atomic E-state index is 0.776. The molecule has 0 bridgehead atoms. The lowest BCUT2D eigenvalue weighted by atomic mass is 10.2. The predicted octanol–water partition coefficient (Wildman–Crippen LogP) is 4.24. The van der Waals surface area contributed by atoms with Gasteiger partial charge >= 0.3 is 0 Å². The summed E-state index contributed by atoms with van der Waals surface area (Å²) >= 11 is 9.52. The molecular formula is C12H13BrClN. The molecule has 0 spiro atoms. The largest absolute Gasteiger partial charge is 0.384 e. The lowest BCUT2D eigenvalue weighted by molar-refractivity contribution is 0.906. The van der Waals surface area contributed by atoms with Crippen molar-refractivity contribution in [2.24, 2.45) is 0 Å². The second-order valence-corrected chi connectivity index (χ2v) is 4.58. The third-order valence-electron chi connectivity index (χ3n) is 2.06. The van der Waals surface area contributed by atoms with E-state index in [4.69, 9.17) is 18.0 Å². The van der Waals surface area contributed by atoms with Gasteiger partial charge in [-0.3, -0.25) is 0 Å². The van der Waals surface area contributed by atoms with Crippen molar-refractivity contribution in [2.45, 2.75) is 19.8 Å². The van der Waals surface area contributed by atoms with Crippen molar-refractivity contribution in [3.8, 4) is 12.3 Å². The van der Waals surface area contributed by atoms with Crippen molar-refractivity contribution in [2.75, 3.05) is 11.9 Å². The van der Waals surface area contributed by atoms with E-state index < -0.39 is 0 Å². The summed E-state index contributed by atoms with van der Waals surface area (Å²) in [6, 6.07) is 3.93. The number of benzene rings is 1. The molecule has 0 saturated carbocycles. The number of halogens is 2. The molecule has 1 N–H and O–H groups in total. The molecule has 0 unspecified atom stereocenters. The summed E-state index contributed by atoms with van der Waals surface area (Å²) in [4.78, 5) is 0. The van der Waals surface area contributed by atoms with Crippen LogP contribution in [0.15, 0.2) is 16.6 Å². The monoisotopic (exact) mass is 285 g/mol. The Balaban J connectivity index is 2.62. The maximum absolute atomic E-state index is 6.03. The molecule has 3 heteroatoms. The highest BCUT2D eigenvalue weighted by Gasteiger charge is 2.03. The van der Waals surface area contributed by atoms with E-state index in [9.17, 15) is 0 Å². The van der Waals surface area contributed by atoms with Crippen LogP contribution in [0.1, 0.15) is 18.4 Å². The first kappa shape index (κ1) is 12.4. The zero-order chi connectivity index (χ0) is 11.3. The Hall–Kier alpha value is -0.650. The molecule has 1 rings (SSSR count). The molecule has 1 nitrogen and oxygen atoms in total. The fraction of sp³-hybridized carbons (Fsp3) is 0.333. The second kappa shape index (κ2) is 6.05. The van der Waals surface area contributed by atoms with Crippen LogP contribution in [0.4, 0.5) is 5.69 Å². The highest BCUT2D eigenvalue weighted by atomic mass is 79.9. The van der Waals surface area contributed by atoms with Crippen molar-refractivity contribution < 1.29 is 0 Å². The van der Waals surface area contributed by atoms with Crippen molar-refractivity contribution >= 4 is 33.2 Å². The molecule has 1 aromatic rings. The quantitative estimate of drug-likeness (QED) is 0.645. The van der Waals surface area contributed by atoms with Crippen LogP contribution in [-0.2, 0) is 0 Å². The Kier molecular flexibility index (Phi) is 5.01. The molecule has 0 aromatic heterocycles. The molecule has 0 radical (unpaired) electrons. The summed E-state index contributed by atoms with van der Waals surface area (Å²) in [6.07, 6.45) is 6.94. The Bertz CT molecular complexity index is 382. The van der Waals surface area contributed by atoms with Crippen LogP contribution in [0.5, 0.6) is 0 Å². The van der Waals surface area contributed by atoms with Gasteiger partial charge in [-0.05, 0) is 47.0 Å². The van der Waals surface area contributed by atoms with E-state index in [0.29, 0.717) is 0 Å². The van der Waals surface area contributed by atoms with E-state index in [1.807, 2.05) is 19.1 Å². The average molecular weight is 287 g/mol. The van der Waals surface area contributed by atoms with Crippen molar-refractivity contribution in [3.63, 3.8) is 0 Å². The van der Waals surface area contributed by atoms with Gasteiger partial charge in [-0.1, -0.05) is 11.6 Å². The van der Waals surface area contributed by atoms with Gasteiger partial charge < -0.3 is 5.32 Å². The summed E-state index contributed by atoms with van der Waals surface area (Å²) < 4.78 is 1.03. The Labute approximate surface area is 104 Å². The lowest BCUT2D eigenvalue weighted by Gasteiger charge is -2.09. The first-order valence-electron chi connectivity index (χ1n) is 4.78. The first-order valence-corrected chi connectivity index (χ1v) is 5.95. The van der Waals surface area contributed by atoms with Gasteiger partial charge in [-0.25, -0.2) is 0 Å². The molecule has 80 valence electrons. The van der Waals surface area contributed by atoms with Crippen molar-refractivity contribution in [1.82, 2.24) is 0 Å². The number of terminal acetylenes is 1. The number of unbranched alkanes of at least 4 members (excludes halogenated alkanes) is 1. The predicted molar refractivity (Wildman–Crippen MR) is 70.4 cm³/mol. The second-order valence-electron chi connectivity index (χ2n) is 3.32. The summed E-state index contributed by atoms with van der Waals surface area (Å²) in [7, 11) is 0. The standard InChI is InChI=1S/C12H13BrClN/c1-3-4-5-6-15-12-8-11(14)9(2)7-10(12)13/h1,7-8,15H,4-6H2,2H3. The fourth-order valence-corrected chi connectivity index (χ4v) is 1.96. The fourth-order valence-electron chi connectivity index (χ4n) is 1.20. The molecule has 0 fully saturated rings. The van der Waals surface area contributed by atoms with Gasteiger partial charge in [-0.15, -0.1) is 12.3 Å². The molecular weight excluding hydrogens is 273 g/mol. The highest BCUT2D eigenvalue weighted by molar-refractivity contribution is 9.10. The number of rotatable bonds is 4. The minimum absolute atomic E-state index is 0.776. The zero-order valence-electron chi connectivity index (χ0n) is 8.61. The van der Waals surface area contributed by atoms with Gasteiger partial charge in [0.1, 0.15) is 0 Å². The molecule has 0 amide bonds. The summed E-state index contributed by atoms with van der Waals surface area (Å²) in [5, 5.41) is 4.06. The minimum Gasteiger partial charge on any atom is -0.384 e. The number of anilines is 1. The van der Waals surface area contributed by atoms with Crippen LogP contribution in [-0.4, -0.2) is 6.54 Å². The molecule has 15 heavy (non-hydrogen) atoms. The van der Waals surface area contributed by atoms with Crippen LogP contribution in [0.2, 0.25) is 5.02 Å². The van der Waals surface area contributed by atoms with Crippen LogP contribution < -0.4 is 5.32 Å². The first-order chi connectivity index (χ1) is 7.15. The van der Waals surface area contributed by atoms with E-state index in [0.717, 1.165) is 40.1 Å². The number of aryl methyl sites for hydroxylation is 1. The number of nitrogens with one attached hydrogen (secondary N) is 1. The Morgan fingerprint density at radius 1 is 1.53 bits per heavy atom. The molecule has 0 saturated heterocycles. The molecule has 0 aliphatic heterocycles. The smallest absolute Gasteiger partial charge is 0.0499 e. The van der Waals surface area contributed by atoms with Gasteiger partial charge in [-0.2, -0.15) is 0 Å². The number of hydrogen-bond donors (Lipinski definition) is 1. The lowest BCUT2D eigenvalue weighted by Crippen LogP contribution is -2.01. The van der Waals surface area contributed by atoms with E-state index in [-0.39, 0.29) is 0 Å². The zero-order valence-corrected chi connectivity index (χ0v) is 11.0. The maximum Gasteiger partial charge on any atom is 0.0499 e. The topological polar surface area (TPSA) is 12.0 Å². The van der Waals surface area contributed by atoms with E-state index in [1.54, 1.807) is 0 Å². The number of hydrogen-bond acceptors (Lipinski definition) is 1. The highest BCUT2D eigenvalue weighted by Crippen LogP contribution is 2.29. The van der Waals surface area contributed by atoms with Crippen molar-refractivity contribution in [1.29, 1.82) is 0 Å². The molecule has 0 heterocycles. The van der Waals surface area contributed by atoms with Gasteiger partial charge in [0, 0.05) is 28.1 Å². The normalized spacial score (nSPS) is 9.73. The van der Waals surface area contributed by atoms with Crippen LogP contribution in [0.3, 0.4) is 0 Å². The third kappa shape index (κ3) is 3.77. The SMILES string of the molecule is C#CCCCNc1cc(Cl)c(C)cc1Br. The summed E-state index contributed by atoms with van der Waals surface area (Å²) in [5.74, 6) is 2.61. The maximum atomic E-state index is 6.03. The van der Waals surface area contributed by atoms with Gasteiger partial charge in [0.05, 0.1) is 0 Å². The Morgan fingerprint density at radius 3 is 2.93 bits per heavy atom. The average Bonchev–Trinajstić information content (AvgIpc) is 2.20. The Morgan fingerprint density at radius 2 is 2.27 bits per heavy atom. The van der Waals surface area contributed by atoms with Gasteiger partial charge in [0.25, 0.3) is 0 Å². The summed E-state index contributed by atoms with van der Waals surface area (Å²) in [5.41, 5.74) is 2.08. The molecule has 0 aliphatic rings. The van der Waals surface area contributed by atoms with Crippen LogP contribution in [0, 0.1) is 19.3 Å². The van der Waals surface area contributed by atoms with Gasteiger partial charge in [0.2, 0.25) is 0 Å². The van der Waals surface area contributed by atoms with E-state index >= 15 is 0 Å². The van der Waals surface area contributed by atoms with Crippen LogP contribution in [0.25, 0.3) is 0 Å². The van der Waals surface area contributed by atoms with Gasteiger partial charge in [0.15, 0.2) is 0 Å². The van der Waals surface area contributed by atoms with Crippen LogP contribution >= 0.6 is 27.5 Å². The van der Waals surface area contributed by atoms with E-state index in [1.165, 1.54) is 0 Å². The van der Waals surface area contributed by atoms with E-state index in [2.05, 4.69) is 27.2 Å². The molecule has 0 atom stereocenters. The summed E-state index contributed by atoms with van der Waals surface area (Å²) in [6.45, 7) is 2.84. The molecule has 0 aliphatic carbocycles.